The number of amides is 2. The molecule has 1 unspecified atom stereocenters. The summed E-state index contributed by atoms with van der Waals surface area (Å²) in [6, 6.07) is 20.9. The van der Waals surface area contributed by atoms with Crippen LogP contribution in [0.1, 0.15) is 31.9 Å². The van der Waals surface area contributed by atoms with Gasteiger partial charge in [-0.05, 0) is 63.6 Å². The standard InChI is InChI=1S/C28H32ClN3O4S/c1-20(2)30-28(34)22(4)31(18-23-11-8-10-21(3)16-23)27(33)19-32(25-13-9-12-24(29)17-25)37(35,36)26-14-6-5-7-15-26/h5-17,20,22H,18-19H2,1-4H3,(H,30,34). The fraction of sp³-hybridized carbons (Fsp3) is 0.286. The predicted molar refractivity (Wildman–Crippen MR) is 147 cm³/mol. The van der Waals surface area contributed by atoms with E-state index in [0.29, 0.717) is 5.02 Å². The molecule has 0 saturated heterocycles. The number of rotatable bonds is 10. The van der Waals surface area contributed by atoms with Crippen LogP contribution >= 0.6 is 11.6 Å². The van der Waals surface area contributed by atoms with Crippen LogP contribution in [0.3, 0.4) is 0 Å². The third-order valence-corrected chi connectivity index (χ3v) is 7.76. The minimum absolute atomic E-state index is 0.0404. The fourth-order valence-corrected chi connectivity index (χ4v) is 5.49. The Morgan fingerprint density at radius 1 is 0.919 bits per heavy atom. The first-order valence-electron chi connectivity index (χ1n) is 12.0. The van der Waals surface area contributed by atoms with Crippen LogP contribution in [0.25, 0.3) is 0 Å². The van der Waals surface area contributed by atoms with Crippen molar-refractivity contribution in [3.05, 3.63) is 95.0 Å². The first-order valence-corrected chi connectivity index (χ1v) is 13.8. The van der Waals surface area contributed by atoms with Crippen LogP contribution in [-0.4, -0.2) is 43.8 Å². The minimum Gasteiger partial charge on any atom is -0.352 e. The molecule has 3 aromatic carbocycles. The smallest absolute Gasteiger partial charge is 0.264 e. The van der Waals surface area contributed by atoms with Crippen molar-refractivity contribution in [2.24, 2.45) is 0 Å². The summed E-state index contributed by atoms with van der Waals surface area (Å²) in [6.07, 6.45) is 0. The van der Waals surface area contributed by atoms with Crippen LogP contribution in [0.5, 0.6) is 0 Å². The number of nitrogens with one attached hydrogen (secondary N) is 1. The van der Waals surface area contributed by atoms with Crippen molar-refractivity contribution in [1.29, 1.82) is 0 Å². The molecule has 3 rings (SSSR count). The van der Waals surface area contributed by atoms with Crippen molar-refractivity contribution in [3.63, 3.8) is 0 Å². The third kappa shape index (κ3) is 7.33. The van der Waals surface area contributed by atoms with Crippen LogP contribution < -0.4 is 9.62 Å². The van der Waals surface area contributed by atoms with Gasteiger partial charge >= 0.3 is 0 Å². The van der Waals surface area contributed by atoms with Crippen LogP contribution in [-0.2, 0) is 26.2 Å². The monoisotopic (exact) mass is 541 g/mol. The van der Waals surface area contributed by atoms with E-state index in [9.17, 15) is 18.0 Å². The largest absolute Gasteiger partial charge is 0.352 e. The lowest BCUT2D eigenvalue weighted by Crippen LogP contribution is -2.52. The molecule has 9 heteroatoms. The van der Waals surface area contributed by atoms with Crippen molar-refractivity contribution in [2.45, 2.75) is 51.2 Å². The van der Waals surface area contributed by atoms with Gasteiger partial charge in [0.1, 0.15) is 12.6 Å². The zero-order valence-electron chi connectivity index (χ0n) is 21.4. The fourth-order valence-electron chi connectivity index (χ4n) is 3.87. The second-order valence-electron chi connectivity index (χ2n) is 9.15. The third-order valence-electron chi connectivity index (χ3n) is 5.74. The molecule has 0 saturated carbocycles. The molecule has 2 amide bonds. The zero-order valence-corrected chi connectivity index (χ0v) is 23.0. The van der Waals surface area contributed by atoms with E-state index in [1.807, 2.05) is 45.0 Å². The van der Waals surface area contributed by atoms with E-state index < -0.39 is 28.5 Å². The molecule has 7 nitrogen and oxygen atoms in total. The molecule has 196 valence electrons. The van der Waals surface area contributed by atoms with E-state index in [-0.39, 0.29) is 29.1 Å². The summed E-state index contributed by atoms with van der Waals surface area (Å²) in [5, 5.41) is 3.17. The van der Waals surface area contributed by atoms with E-state index >= 15 is 0 Å². The Bertz CT molecular complexity index is 1350. The molecule has 0 heterocycles. The summed E-state index contributed by atoms with van der Waals surface area (Å²) in [4.78, 5) is 28.2. The quantitative estimate of drug-likeness (QED) is 0.400. The van der Waals surface area contributed by atoms with Gasteiger partial charge < -0.3 is 10.2 Å². The van der Waals surface area contributed by atoms with E-state index in [4.69, 9.17) is 11.6 Å². The second-order valence-corrected chi connectivity index (χ2v) is 11.5. The summed E-state index contributed by atoms with van der Waals surface area (Å²) in [6.45, 7) is 6.89. The molecule has 3 aromatic rings. The van der Waals surface area contributed by atoms with Gasteiger partial charge in [-0.1, -0.05) is 65.7 Å². The van der Waals surface area contributed by atoms with Gasteiger partial charge in [0.2, 0.25) is 11.8 Å². The Hall–Kier alpha value is -3.36. The van der Waals surface area contributed by atoms with E-state index in [1.165, 1.54) is 23.1 Å². The molecular weight excluding hydrogens is 510 g/mol. The maximum Gasteiger partial charge on any atom is 0.264 e. The Morgan fingerprint density at radius 3 is 2.22 bits per heavy atom. The molecule has 0 bridgehead atoms. The highest BCUT2D eigenvalue weighted by Crippen LogP contribution is 2.26. The first-order chi connectivity index (χ1) is 17.5. The van der Waals surface area contributed by atoms with E-state index in [0.717, 1.165) is 15.4 Å². The molecule has 0 fully saturated rings. The molecular formula is C28H32ClN3O4S. The highest BCUT2D eigenvalue weighted by Gasteiger charge is 2.32. The Kier molecular flexibility index (Phi) is 9.34. The molecule has 1 atom stereocenters. The average molecular weight is 542 g/mol. The summed E-state index contributed by atoms with van der Waals surface area (Å²) in [5.74, 6) is -0.844. The molecule has 0 aliphatic carbocycles. The van der Waals surface area contributed by atoms with Crippen molar-refractivity contribution >= 4 is 39.1 Å². The SMILES string of the molecule is Cc1cccc(CN(C(=O)CN(c2cccc(Cl)c2)S(=O)(=O)c2ccccc2)C(C)C(=O)NC(C)C)c1. The number of anilines is 1. The highest BCUT2D eigenvalue weighted by atomic mass is 35.5. The van der Waals surface area contributed by atoms with Crippen molar-refractivity contribution in [3.8, 4) is 0 Å². The van der Waals surface area contributed by atoms with Crippen LogP contribution in [0, 0.1) is 6.92 Å². The predicted octanol–water partition coefficient (Wildman–Crippen LogP) is 4.79. The van der Waals surface area contributed by atoms with Gasteiger partial charge in [-0.2, -0.15) is 0 Å². The van der Waals surface area contributed by atoms with Crippen molar-refractivity contribution in [1.82, 2.24) is 10.2 Å². The topological polar surface area (TPSA) is 86.8 Å². The van der Waals surface area contributed by atoms with Crippen LogP contribution in [0.2, 0.25) is 5.02 Å². The second kappa shape index (κ2) is 12.3. The molecule has 0 aliphatic heterocycles. The lowest BCUT2D eigenvalue weighted by molar-refractivity contribution is -0.139. The number of nitrogens with zero attached hydrogens (tertiary/aromatic N) is 2. The van der Waals surface area contributed by atoms with Crippen molar-refractivity contribution in [2.75, 3.05) is 10.8 Å². The molecule has 0 aromatic heterocycles. The summed E-state index contributed by atoms with van der Waals surface area (Å²) >= 11 is 6.18. The van der Waals surface area contributed by atoms with Gasteiger partial charge in [-0.3, -0.25) is 13.9 Å². The van der Waals surface area contributed by atoms with Crippen LogP contribution in [0.15, 0.2) is 83.8 Å². The number of carbonyl (C=O) groups is 2. The van der Waals surface area contributed by atoms with Crippen LogP contribution in [0.4, 0.5) is 5.69 Å². The Morgan fingerprint density at radius 2 is 1.59 bits per heavy atom. The number of hydrogen-bond acceptors (Lipinski definition) is 4. The number of halogens is 1. The lowest BCUT2D eigenvalue weighted by atomic mass is 10.1. The zero-order chi connectivity index (χ0) is 27.2. The number of aryl methyl sites for hydroxylation is 1. The Balaban J connectivity index is 2.02. The first kappa shape index (κ1) is 28.2. The van der Waals surface area contributed by atoms with Gasteiger partial charge in [0.25, 0.3) is 10.0 Å². The lowest BCUT2D eigenvalue weighted by Gasteiger charge is -2.32. The molecule has 37 heavy (non-hydrogen) atoms. The summed E-state index contributed by atoms with van der Waals surface area (Å²) < 4.78 is 28.4. The minimum atomic E-state index is -4.12. The molecule has 0 radical (unpaired) electrons. The van der Waals surface area contributed by atoms with Gasteiger partial charge in [0.05, 0.1) is 10.6 Å². The number of hydrogen-bond donors (Lipinski definition) is 1. The molecule has 1 N–H and O–H groups in total. The van der Waals surface area contributed by atoms with Gasteiger partial charge in [0, 0.05) is 17.6 Å². The number of sulfonamides is 1. The van der Waals surface area contributed by atoms with Crippen molar-refractivity contribution < 1.29 is 18.0 Å². The maximum atomic E-state index is 13.8. The summed E-state index contributed by atoms with van der Waals surface area (Å²) in [7, 11) is -4.12. The summed E-state index contributed by atoms with van der Waals surface area (Å²) in [5.41, 5.74) is 2.09. The van der Waals surface area contributed by atoms with Gasteiger partial charge in [0.15, 0.2) is 0 Å². The highest BCUT2D eigenvalue weighted by molar-refractivity contribution is 7.92. The molecule has 0 aliphatic rings. The van der Waals surface area contributed by atoms with Gasteiger partial charge in [-0.15, -0.1) is 0 Å². The maximum absolute atomic E-state index is 13.8. The average Bonchev–Trinajstić information content (AvgIpc) is 2.85. The van der Waals surface area contributed by atoms with E-state index in [2.05, 4.69) is 5.32 Å². The number of benzene rings is 3. The normalized spacial score (nSPS) is 12.2. The van der Waals surface area contributed by atoms with E-state index in [1.54, 1.807) is 43.3 Å². The number of carbonyl (C=O) groups excluding carboxylic acids is 2. The molecule has 0 spiro atoms. The Labute approximate surface area is 224 Å². The van der Waals surface area contributed by atoms with Gasteiger partial charge in [-0.25, -0.2) is 8.42 Å².